The van der Waals surface area contributed by atoms with Gasteiger partial charge in [0.25, 0.3) is 0 Å². The number of hydrogen-bond donors (Lipinski definition) is 0. The third-order valence-corrected chi connectivity index (χ3v) is 3.37. The van der Waals surface area contributed by atoms with E-state index in [1.54, 1.807) is 0 Å². The Bertz CT molecular complexity index is 505. The molecule has 2 aliphatic heterocycles. The molecule has 2 aliphatic rings. The number of benzene rings is 1. The van der Waals surface area contributed by atoms with Gasteiger partial charge in [-0.1, -0.05) is 32.0 Å². The van der Waals surface area contributed by atoms with Crippen molar-refractivity contribution in [3.63, 3.8) is 0 Å². The molecule has 3 heteroatoms. The Balaban J connectivity index is 2.17. The number of allylic oxidation sites excluding steroid dienone is 1. The Morgan fingerprint density at radius 2 is 2.00 bits per heavy atom. The maximum atomic E-state index is 12.0. The van der Waals surface area contributed by atoms with Crippen molar-refractivity contribution in [1.29, 1.82) is 0 Å². The number of amides is 1. The van der Waals surface area contributed by atoms with E-state index < -0.39 is 0 Å². The molecule has 2 heterocycles. The van der Waals surface area contributed by atoms with Crippen molar-refractivity contribution in [1.82, 2.24) is 5.01 Å². The molecule has 0 aromatic heterocycles. The highest BCUT2D eigenvalue weighted by atomic mass is 16.2. The number of hydrazine groups is 1. The first-order valence-electron chi connectivity index (χ1n) is 6.09. The number of carbonyl (C=O) groups excluding carboxylic acids is 1. The van der Waals surface area contributed by atoms with Crippen LogP contribution in [-0.4, -0.2) is 17.5 Å². The predicted molar refractivity (Wildman–Crippen MR) is 68.1 cm³/mol. The highest BCUT2D eigenvalue weighted by Gasteiger charge is 2.36. The van der Waals surface area contributed by atoms with Crippen LogP contribution in [0.5, 0.6) is 0 Å². The van der Waals surface area contributed by atoms with E-state index in [9.17, 15) is 4.79 Å². The molecule has 0 spiro atoms. The van der Waals surface area contributed by atoms with Gasteiger partial charge in [-0.3, -0.25) is 9.80 Å². The van der Waals surface area contributed by atoms with E-state index in [-0.39, 0.29) is 5.91 Å². The molecule has 17 heavy (non-hydrogen) atoms. The molecule has 0 unspecified atom stereocenters. The summed E-state index contributed by atoms with van der Waals surface area (Å²) in [6.07, 6.45) is 2.75. The molecule has 3 nitrogen and oxygen atoms in total. The highest BCUT2D eigenvalue weighted by Crippen LogP contribution is 2.37. The average molecular weight is 228 g/mol. The van der Waals surface area contributed by atoms with Gasteiger partial charge in [0.1, 0.15) is 0 Å². The first-order valence-corrected chi connectivity index (χ1v) is 6.09. The summed E-state index contributed by atoms with van der Waals surface area (Å²) in [7, 11) is 0. The zero-order valence-corrected chi connectivity index (χ0v) is 10.2. The minimum Gasteiger partial charge on any atom is -0.278 e. The zero-order chi connectivity index (χ0) is 12.0. The second kappa shape index (κ2) is 3.62. The molecule has 0 N–H and O–H groups in total. The van der Waals surface area contributed by atoms with Crippen molar-refractivity contribution in [2.75, 3.05) is 11.6 Å². The molecule has 1 saturated heterocycles. The first kappa shape index (κ1) is 10.4. The molecule has 0 radical (unpaired) electrons. The van der Waals surface area contributed by atoms with Crippen molar-refractivity contribution >= 4 is 17.7 Å². The van der Waals surface area contributed by atoms with Crippen LogP contribution in [0.1, 0.15) is 25.8 Å². The second-order valence-electron chi connectivity index (χ2n) is 4.86. The van der Waals surface area contributed by atoms with Crippen LogP contribution < -0.4 is 5.01 Å². The summed E-state index contributed by atoms with van der Waals surface area (Å²) < 4.78 is 0. The fourth-order valence-electron chi connectivity index (χ4n) is 2.53. The number of nitrogens with zero attached hydrogens (tertiary/aromatic N) is 2. The SMILES string of the molecule is CC(C)C1=Cc2ccccc2N2CCC(=O)N12. The minimum atomic E-state index is 0.208. The standard InChI is InChI=1S/C14H16N2O/c1-10(2)13-9-11-5-3-4-6-12(11)15-8-7-14(17)16(13)15/h3-6,9-10H,7-8H2,1-2H3. The van der Waals surface area contributed by atoms with E-state index in [4.69, 9.17) is 0 Å². The van der Waals surface area contributed by atoms with Crippen LogP contribution >= 0.6 is 0 Å². The number of anilines is 1. The number of rotatable bonds is 1. The van der Waals surface area contributed by atoms with Crippen molar-refractivity contribution in [2.45, 2.75) is 20.3 Å². The van der Waals surface area contributed by atoms with E-state index >= 15 is 0 Å². The molecule has 0 saturated carbocycles. The van der Waals surface area contributed by atoms with Crippen molar-refractivity contribution in [3.8, 4) is 0 Å². The molecule has 3 rings (SSSR count). The van der Waals surface area contributed by atoms with Crippen LogP contribution in [0.3, 0.4) is 0 Å². The van der Waals surface area contributed by atoms with Gasteiger partial charge in [-0.15, -0.1) is 0 Å². The lowest BCUT2D eigenvalue weighted by atomic mass is 10.0. The van der Waals surface area contributed by atoms with Crippen LogP contribution in [0.4, 0.5) is 5.69 Å². The molecule has 1 fully saturated rings. The summed E-state index contributed by atoms with van der Waals surface area (Å²) in [5, 5.41) is 3.96. The lowest BCUT2D eigenvalue weighted by molar-refractivity contribution is -0.126. The Hall–Kier alpha value is -1.77. The molecule has 0 aliphatic carbocycles. The molecule has 1 amide bonds. The van der Waals surface area contributed by atoms with Crippen molar-refractivity contribution < 1.29 is 4.79 Å². The molecular formula is C14H16N2O. The largest absolute Gasteiger partial charge is 0.278 e. The molecule has 1 aromatic rings. The fraction of sp³-hybridized carbons (Fsp3) is 0.357. The predicted octanol–water partition coefficient (Wildman–Crippen LogP) is 2.65. The third-order valence-electron chi connectivity index (χ3n) is 3.37. The lowest BCUT2D eigenvalue weighted by Crippen LogP contribution is -2.42. The van der Waals surface area contributed by atoms with Gasteiger partial charge in [-0.2, -0.15) is 0 Å². The average Bonchev–Trinajstić information content (AvgIpc) is 2.71. The molecule has 0 atom stereocenters. The Kier molecular flexibility index (Phi) is 2.21. The van der Waals surface area contributed by atoms with E-state index in [1.807, 2.05) is 17.1 Å². The summed E-state index contributed by atoms with van der Waals surface area (Å²) in [6, 6.07) is 8.25. The molecular weight excluding hydrogens is 212 g/mol. The van der Waals surface area contributed by atoms with Crippen LogP contribution in [0.2, 0.25) is 0 Å². The van der Waals surface area contributed by atoms with Gasteiger partial charge in [0, 0.05) is 24.2 Å². The monoisotopic (exact) mass is 228 g/mol. The third kappa shape index (κ3) is 1.46. The second-order valence-corrected chi connectivity index (χ2v) is 4.86. The molecule has 88 valence electrons. The summed E-state index contributed by atoms with van der Waals surface area (Å²) in [5.41, 5.74) is 3.45. The topological polar surface area (TPSA) is 23.6 Å². The zero-order valence-electron chi connectivity index (χ0n) is 10.2. The summed E-state index contributed by atoms with van der Waals surface area (Å²) in [4.78, 5) is 12.0. The van der Waals surface area contributed by atoms with Gasteiger partial charge in [-0.25, -0.2) is 5.01 Å². The smallest absolute Gasteiger partial charge is 0.247 e. The normalized spacial score (nSPS) is 18.3. The van der Waals surface area contributed by atoms with E-state index in [1.165, 1.54) is 5.56 Å². The number of carbonyl (C=O) groups is 1. The van der Waals surface area contributed by atoms with Crippen molar-refractivity contribution in [3.05, 3.63) is 35.5 Å². The number of para-hydroxylation sites is 1. The summed E-state index contributed by atoms with van der Waals surface area (Å²) >= 11 is 0. The number of fused-ring (bicyclic) bond motifs is 3. The summed E-state index contributed by atoms with van der Waals surface area (Å²) in [5.74, 6) is 0.562. The quantitative estimate of drug-likeness (QED) is 0.737. The van der Waals surface area contributed by atoms with E-state index in [0.29, 0.717) is 12.3 Å². The fourth-order valence-corrected chi connectivity index (χ4v) is 2.53. The minimum absolute atomic E-state index is 0.208. The van der Waals surface area contributed by atoms with Gasteiger partial charge in [0.15, 0.2) is 0 Å². The van der Waals surface area contributed by atoms with E-state index in [2.05, 4.69) is 37.1 Å². The van der Waals surface area contributed by atoms with Crippen LogP contribution in [0.25, 0.3) is 6.08 Å². The van der Waals surface area contributed by atoms with Gasteiger partial charge in [-0.05, 0) is 18.1 Å². The summed E-state index contributed by atoms with van der Waals surface area (Å²) in [6.45, 7) is 5.05. The highest BCUT2D eigenvalue weighted by molar-refractivity contribution is 5.88. The van der Waals surface area contributed by atoms with Crippen LogP contribution in [0, 0.1) is 5.92 Å². The molecule has 0 bridgehead atoms. The van der Waals surface area contributed by atoms with Crippen LogP contribution in [-0.2, 0) is 4.79 Å². The van der Waals surface area contributed by atoms with Gasteiger partial charge >= 0.3 is 0 Å². The Labute approximate surface area is 101 Å². The Morgan fingerprint density at radius 3 is 2.76 bits per heavy atom. The van der Waals surface area contributed by atoms with Crippen molar-refractivity contribution in [2.24, 2.45) is 5.92 Å². The van der Waals surface area contributed by atoms with Crippen LogP contribution in [0.15, 0.2) is 30.0 Å². The number of hydrogen-bond acceptors (Lipinski definition) is 2. The Morgan fingerprint density at radius 1 is 1.24 bits per heavy atom. The molecule has 1 aromatic carbocycles. The maximum Gasteiger partial charge on any atom is 0.247 e. The lowest BCUT2D eigenvalue weighted by Gasteiger charge is -2.37. The van der Waals surface area contributed by atoms with Gasteiger partial charge < -0.3 is 0 Å². The van der Waals surface area contributed by atoms with Gasteiger partial charge in [0.05, 0.1) is 5.69 Å². The van der Waals surface area contributed by atoms with E-state index in [0.717, 1.165) is 17.9 Å². The first-order chi connectivity index (χ1) is 8.18. The van der Waals surface area contributed by atoms with Gasteiger partial charge in [0.2, 0.25) is 5.91 Å². The maximum absolute atomic E-state index is 12.0.